The van der Waals surface area contributed by atoms with Gasteiger partial charge >= 0.3 is 0 Å². The fourth-order valence-electron chi connectivity index (χ4n) is 3.25. The Morgan fingerprint density at radius 1 is 1.15 bits per heavy atom. The van der Waals surface area contributed by atoms with Crippen molar-refractivity contribution in [3.05, 3.63) is 81.3 Å². The van der Waals surface area contributed by atoms with Crippen LogP contribution < -0.4 is 0 Å². The standard InChI is InChI=1S/C21H18ClN3OS/c1-13(14-7-3-2-4-8-14)25-11-18(26)19(20(25)23)21-24-17(12-27-21)15-9-5-6-10-16(15)22/h2-10,12-13,23,26H,11H2,1H3. The topological polar surface area (TPSA) is 60.2 Å². The minimum atomic E-state index is -0.0126. The molecule has 0 aliphatic carbocycles. The number of thiazole rings is 1. The second-order valence-corrected chi connectivity index (χ2v) is 7.67. The molecule has 136 valence electrons. The van der Waals surface area contributed by atoms with Gasteiger partial charge in [0.25, 0.3) is 0 Å². The van der Waals surface area contributed by atoms with Gasteiger partial charge < -0.3 is 10.0 Å². The molecule has 2 heterocycles. The van der Waals surface area contributed by atoms with Gasteiger partial charge in [0.1, 0.15) is 16.6 Å². The van der Waals surface area contributed by atoms with Crippen LogP contribution in [0.2, 0.25) is 5.02 Å². The Balaban J connectivity index is 1.62. The third-order valence-corrected chi connectivity index (χ3v) is 5.94. The lowest BCUT2D eigenvalue weighted by Gasteiger charge is -2.26. The smallest absolute Gasteiger partial charge is 0.135 e. The molecule has 2 aromatic carbocycles. The quantitative estimate of drug-likeness (QED) is 0.588. The highest BCUT2D eigenvalue weighted by Crippen LogP contribution is 2.36. The summed E-state index contributed by atoms with van der Waals surface area (Å²) in [7, 11) is 0. The lowest BCUT2D eigenvalue weighted by molar-refractivity contribution is 0.310. The normalized spacial score (nSPS) is 15.5. The van der Waals surface area contributed by atoms with Crippen molar-refractivity contribution in [2.45, 2.75) is 13.0 Å². The molecule has 2 N–H and O–H groups in total. The fourth-order valence-corrected chi connectivity index (χ4v) is 4.37. The van der Waals surface area contributed by atoms with E-state index in [9.17, 15) is 5.11 Å². The molecular weight excluding hydrogens is 378 g/mol. The first-order chi connectivity index (χ1) is 13.1. The highest BCUT2D eigenvalue weighted by atomic mass is 35.5. The van der Waals surface area contributed by atoms with E-state index >= 15 is 0 Å². The summed E-state index contributed by atoms with van der Waals surface area (Å²) in [6.45, 7) is 2.35. The van der Waals surface area contributed by atoms with E-state index in [4.69, 9.17) is 17.0 Å². The fraction of sp³-hybridized carbons (Fsp3) is 0.143. The van der Waals surface area contributed by atoms with E-state index in [1.54, 1.807) is 0 Å². The molecule has 0 amide bonds. The average Bonchev–Trinajstić information content (AvgIpc) is 3.26. The van der Waals surface area contributed by atoms with Crippen molar-refractivity contribution in [1.82, 2.24) is 9.88 Å². The molecule has 0 radical (unpaired) electrons. The highest BCUT2D eigenvalue weighted by molar-refractivity contribution is 7.11. The van der Waals surface area contributed by atoms with Gasteiger partial charge in [-0.1, -0.05) is 60.1 Å². The van der Waals surface area contributed by atoms with E-state index in [1.807, 2.05) is 71.8 Å². The lowest BCUT2D eigenvalue weighted by Crippen LogP contribution is -2.29. The molecule has 4 rings (SSSR count). The number of aliphatic hydroxyl groups excluding tert-OH is 1. The third-order valence-electron chi connectivity index (χ3n) is 4.75. The van der Waals surface area contributed by atoms with E-state index in [0.29, 0.717) is 28.0 Å². The number of benzene rings is 2. The van der Waals surface area contributed by atoms with Crippen molar-refractivity contribution in [2.24, 2.45) is 0 Å². The van der Waals surface area contributed by atoms with Gasteiger partial charge in [-0.3, -0.25) is 5.41 Å². The number of halogens is 1. The first kappa shape index (κ1) is 17.8. The molecule has 1 aliphatic heterocycles. The Morgan fingerprint density at radius 3 is 2.59 bits per heavy atom. The van der Waals surface area contributed by atoms with E-state index in [2.05, 4.69) is 4.98 Å². The molecule has 1 unspecified atom stereocenters. The molecule has 0 saturated heterocycles. The average molecular weight is 396 g/mol. The van der Waals surface area contributed by atoms with E-state index in [0.717, 1.165) is 16.8 Å². The molecule has 0 bridgehead atoms. The predicted octanol–water partition coefficient (Wildman–Crippen LogP) is 5.79. The summed E-state index contributed by atoms with van der Waals surface area (Å²) >= 11 is 7.68. The minimum Gasteiger partial charge on any atom is -0.510 e. The Hall–Kier alpha value is -2.63. The number of nitrogens with zero attached hydrogens (tertiary/aromatic N) is 2. The van der Waals surface area contributed by atoms with E-state index in [-0.39, 0.29) is 11.8 Å². The maximum atomic E-state index is 10.6. The molecule has 0 spiro atoms. The van der Waals surface area contributed by atoms with Gasteiger partial charge in [0.05, 0.1) is 23.9 Å². The van der Waals surface area contributed by atoms with Gasteiger partial charge in [-0.25, -0.2) is 4.98 Å². The van der Waals surface area contributed by atoms with E-state index in [1.165, 1.54) is 11.3 Å². The molecular formula is C21H18ClN3OS. The Bertz CT molecular complexity index is 1030. The summed E-state index contributed by atoms with van der Waals surface area (Å²) < 4.78 is 0. The number of aliphatic hydroxyl groups is 1. The number of aromatic nitrogens is 1. The lowest BCUT2D eigenvalue weighted by atomic mass is 10.1. The summed E-state index contributed by atoms with van der Waals surface area (Å²) in [5.74, 6) is 0.478. The Kier molecular flexibility index (Phi) is 4.72. The third kappa shape index (κ3) is 3.24. The van der Waals surface area contributed by atoms with Crippen LogP contribution in [-0.4, -0.2) is 27.4 Å². The molecule has 1 aliphatic rings. The van der Waals surface area contributed by atoms with Crippen LogP contribution in [0.4, 0.5) is 0 Å². The first-order valence-corrected chi connectivity index (χ1v) is 9.85. The second-order valence-electron chi connectivity index (χ2n) is 6.40. The zero-order chi connectivity index (χ0) is 19.0. The monoisotopic (exact) mass is 395 g/mol. The summed E-state index contributed by atoms with van der Waals surface area (Å²) in [5.41, 5.74) is 3.21. The first-order valence-electron chi connectivity index (χ1n) is 8.59. The molecule has 1 aromatic heterocycles. The number of amidine groups is 1. The van der Waals surface area contributed by atoms with Crippen LogP contribution in [0.25, 0.3) is 16.8 Å². The summed E-state index contributed by atoms with van der Waals surface area (Å²) in [4.78, 5) is 6.52. The van der Waals surface area contributed by atoms with Gasteiger partial charge in [-0.05, 0) is 18.6 Å². The van der Waals surface area contributed by atoms with E-state index < -0.39 is 0 Å². The molecule has 0 saturated carbocycles. The minimum absolute atomic E-state index is 0.0126. The summed E-state index contributed by atoms with van der Waals surface area (Å²) in [6, 6.07) is 17.5. The number of rotatable bonds is 4. The molecule has 1 atom stereocenters. The molecule has 0 fully saturated rings. The van der Waals surface area contributed by atoms with Crippen molar-refractivity contribution >= 4 is 34.3 Å². The van der Waals surface area contributed by atoms with Gasteiger partial charge in [0.2, 0.25) is 0 Å². The molecule has 3 aromatic rings. The SMILES string of the molecule is CC(c1ccccc1)N1CC(O)=C(c2nc(-c3ccccc3Cl)cs2)C1=N. The van der Waals surface area contributed by atoms with Gasteiger partial charge in [0.15, 0.2) is 0 Å². The highest BCUT2D eigenvalue weighted by Gasteiger charge is 2.33. The van der Waals surface area contributed by atoms with Gasteiger partial charge in [-0.15, -0.1) is 11.3 Å². The summed E-state index contributed by atoms with van der Waals surface area (Å²) in [5, 5.41) is 22.3. The molecule has 27 heavy (non-hydrogen) atoms. The maximum absolute atomic E-state index is 10.6. The van der Waals surface area contributed by atoms with Crippen LogP contribution in [0.3, 0.4) is 0 Å². The number of hydrogen-bond acceptors (Lipinski definition) is 4. The zero-order valence-electron chi connectivity index (χ0n) is 14.7. The Labute approximate surface area is 166 Å². The Morgan fingerprint density at radius 2 is 1.85 bits per heavy atom. The van der Waals surface area contributed by atoms with Crippen molar-refractivity contribution < 1.29 is 5.11 Å². The second kappa shape index (κ2) is 7.18. The predicted molar refractivity (Wildman–Crippen MR) is 111 cm³/mol. The zero-order valence-corrected chi connectivity index (χ0v) is 16.3. The van der Waals surface area contributed by atoms with Crippen LogP contribution in [0.15, 0.2) is 65.7 Å². The number of nitrogens with one attached hydrogen (secondary N) is 1. The van der Waals surface area contributed by atoms with Crippen LogP contribution in [-0.2, 0) is 0 Å². The molecule has 6 heteroatoms. The maximum Gasteiger partial charge on any atom is 0.135 e. The van der Waals surface area contributed by atoms with Crippen LogP contribution >= 0.6 is 22.9 Å². The van der Waals surface area contributed by atoms with Crippen LogP contribution in [0.5, 0.6) is 0 Å². The summed E-state index contributed by atoms with van der Waals surface area (Å²) in [6.07, 6.45) is 0. The van der Waals surface area contributed by atoms with Crippen LogP contribution in [0, 0.1) is 5.41 Å². The van der Waals surface area contributed by atoms with Crippen molar-refractivity contribution in [3.8, 4) is 11.3 Å². The van der Waals surface area contributed by atoms with Gasteiger partial charge in [0, 0.05) is 16.0 Å². The van der Waals surface area contributed by atoms with Crippen LogP contribution in [0.1, 0.15) is 23.5 Å². The largest absolute Gasteiger partial charge is 0.510 e. The van der Waals surface area contributed by atoms with Crippen molar-refractivity contribution in [1.29, 1.82) is 5.41 Å². The van der Waals surface area contributed by atoms with Crippen molar-refractivity contribution in [2.75, 3.05) is 6.54 Å². The molecule has 4 nitrogen and oxygen atoms in total. The van der Waals surface area contributed by atoms with Crippen molar-refractivity contribution in [3.63, 3.8) is 0 Å². The van der Waals surface area contributed by atoms with Gasteiger partial charge in [-0.2, -0.15) is 0 Å². The number of hydrogen-bond donors (Lipinski definition) is 2.